The Morgan fingerprint density at radius 2 is 1.92 bits per heavy atom. The van der Waals surface area contributed by atoms with Gasteiger partial charge in [-0.25, -0.2) is 14.4 Å². The van der Waals surface area contributed by atoms with Gasteiger partial charge in [0.05, 0.1) is 16.1 Å². The fraction of sp³-hybridized carbons (Fsp3) is 0.320. The van der Waals surface area contributed by atoms with E-state index in [1.165, 1.54) is 12.1 Å². The van der Waals surface area contributed by atoms with Gasteiger partial charge in [-0.2, -0.15) is 0 Å². The van der Waals surface area contributed by atoms with Crippen molar-refractivity contribution < 1.29 is 9.50 Å². The number of nitrogen functional groups attached to an aromatic ring is 1. The second-order valence-corrected chi connectivity index (χ2v) is 10.4. The number of aliphatic hydroxyl groups is 1. The number of rotatable bonds is 11. The number of aromatic nitrogens is 2. The maximum absolute atomic E-state index is 13.9. The van der Waals surface area contributed by atoms with Gasteiger partial charge in [-0.1, -0.05) is 11.6 Å². The van der Waals surface area contributed by atoms with Crippen LogP contribution in [0.15, 0.2) is 47.4 Å². The number of nitrogens with zero attached hydrogens (tertiary/aromatic N) is 3. The molecule has 192 valence electrons. The first-order valence-electron chi connectivity index (χ1n) is 11.3. The highest BCUT2D eigenvalue weighted by atomic mass is 35.5. The number of likely N-dealkylation sites (N-methyl/N-ethyl adjacent to an activating group) is 1. The van der Waals surface area contributed by atoms with Crippen molar-refractivity contribution in [3.8, 4) is 11.4 Å². The van der Waals surface area contributed by atoms with Crippen LogP contribution in [0.4, 0.5) is 21.7 Å². The number of nitrogens with one attached hydrogen (secondary N) is 3. The number of anilines is 3. The Balaban J connectivity index is 1.74. The topological polar surface area (TPSA) is 123 Å². The van der Waals surface area contributed by atoms with Gasteiger partial charge in [0, 0.05) is 41.6 Å². The lowest BCUT2D eigenvalue weighted by molar-refractivity contribution is 0.0458. The average Bonchev–Trinajstić information content (AvgIpc) is 2.78. The van der Waals surface area contributed by atoms with Gasteiger partial charge in [-0.15, -0.1) is 0 Å². The molecule has 0 fully saturated rings. The van der Waals surface area contributed by atoms with Crippen LogP contribution in [0.2, 0.25) is 5.02 Å². The highest BCUT2D eigenvalue weighted by Gasteiger charge is 2.17. The summed E-state index contributed by atoms with van der Waals surface area (Å²) >= 11 is 7.08. The molecule has 1 aromatic heterocycles. The van der Waals surface area contributed by atoms with Crippen molar-refractivity contribution >= 4 is 46.6 Å². The molecule has 2 aromatic carbocycles. The molecule has 0 spiro atoms. The molecule has 0 atom stereocenters. The van der Waals surface area contributed by atoms with Gasteiger partial charge in [0.25, 0.3) is 0 Å². The van der Waals surface area contributed by atoms with Crippen LogP contribution >= 0.6 is 23.5 Å². The summed E-state index contributed by atoms with van der Waals surface area (Å²) < 4.78 is 17.0. The van der Waals surface area contributed by atoms with Crippen molar-refractivity contribution in [1.82, 2.24) is 14.9 Å². The first-order valence-corrected chi connectivity index (χ1v) is 12.5. The number of benzene rings is 2. The largest absolute Gasteiger partial charge is 0.389 e. The van der Waals surface area contributed by atoms with E-state index < -0.39 is 5.60 Å². The molecule has 6 N–H and O–H groups in total. The van der Waals surface area contributed by atoms with Crippen molar-refractivity contribution in [2.75, 3.05) is 42.5 Å². The Hall–Kier alpha value is -2.92. The van der Waals surface area contributed by atoms with Crippen LogP contribution in [0.3, 0.4) is 0 Å². The molecule has 0 aliphatic carbocycles. The maximum Gasteiger partial charge on any atom is 0.163 e. The van der Waals surface area contributed by atoms with E-state index in [0.29, 0.717) is 46.8 Å². The molecular formula is C25H31ClFN7OS. The van der Waals surface area contributed by atoms with Crippen molar-refractivity contribution in [2.45, 2.75) is 31.3 Å². The van der Waals surface area contributed by atoms with E-state index >= 15 is 0 Å². The lowest BCUT2D eigenvalue weighted by Crippen LogP contribution is -2.38. The smallest absolute Gasteiger partial charge is 0.163 e. The fourth-order valence-corrected chi connectivity index (χ4v) is 4.52. The first-order chi connectivity index (χ1) is 16.9. The molecular weight excluding hydrogens is 501 g/mol. The summed E-state index contributed by atoms with van der Waals surface area (Å²) in [5, 5.41) is 21.8. The summed E-state index contributed by atoms with van der Waals surface area (Å²) in [6.07, 6.45) is 0. The third-order valence-corrected chi connectivity index (χ3v) is 6.18. The van der Waals surface area contributed by atoms with Crippen LogP contribution in [0.25, 0.3) is 11.4 Å². The molecule has 1 heterocycles. The van der Waals surface area contributed by atoms with E-state index in [9.17, 15) is 9.50 Å². The zero-order chi connectivity index (χ0) is 26.5. The molecule has 11 heteroatoms. The molecule has 0 bridgehead atoms. The standard InChI is InChI=1S/C25H31ClFN7OS/c1-15(28)21-22(29)31-23(32-24(21)30-11-12-34(4)14-25(2,3)35)16-5-8-18(9-6-16)33-36-20-13-17(26)7-10-19(20)27/h5-10,13,28,33,35H,11-12,14H2,1-4H3,(H3,29,30,31,32). The summed E-state index contributed by atoms with van der Waals surface area (Å²) in [6, 6.07) is 11.7. The van der Waals surface area contributed by atoms with Crippen LogP contribution in [-0.2, 0) is 0 Å². The van der Waals surface area contributed by atoms with Crippen molar-refractivity contribution in [2.24, 2.45) is 0 Å². The lowest BCUT2D eigenvalue weighted by Gasteiger charge is -2.25. The van der Waals surface area contributed by atoms with Crippen molar-refractivity contribution in [3.63, 3.8) is 0 Å². The summed E-state index contributed by atoms with van der Waals surface area (Å²) in [5.41, 5.74) is 7.63. The number of hydrogen-bond donors (Lipinski definition) is 5. The van der Waals surface area contributed by atoms with Gasteiger partial charge in [0.15, 0.2) is 5.82 Å². The third kappa shape index (κ3) is 7.79. The average molecular weight is 532 g/mol. The van der Waals surface area contributed by atoms with Crippen LogP contribution in [0.1, 0.15) is 26.3 Å². The fourth-order valence-electron chi connectivity index (χ4n) is 3.57. The lowest BCUT2D eigenvalue weighted by atomic mass is 10.1. The summed E-state index contributed by atoms with van der Waals surface area (Å²) in [4.78, 5) is 11.5. The SMILES string of the molecule is CC(=N)c1c(N)nc(-c2ccc(NSc3cc(Cl)ccc3F)cc2)nc1NCCN(C)CC(C)(C)O. The highest BCUT2D eigenvalue weighted by molar-refractivity contribution is 8.00. The molecule has 0 radical (unpaired) electrons. The Labute approximate surface area is 220 Å². The Kier molecular flexibility index (Phi) is 9.13. The molecule has 0 aliphatic rings. The zero-order valence-corrected chi connectivity index (χ0v) is 22.3. The van der Waals surface area contributed by atoms with Crippen LogP contribution in [-0.4, -0.2) is 58.0 Å². The predicted octanol–water partition coefficient (Wildman–Crippen LogP) is 5.14. The molecule has 0 saturated heterocycles. The Morgan fingerprint density at radius 1 is 1.22 bits per heavy atom. The second kappa shape index (κ2) is 11.9. The molecule has 0 unspecified atom stereocenters. The van der Waals surface area contributed by atoms with Gasteiger partial charge in [0.1, 0.15) is 17.5 Å². The van der Waals surface area contributed by atoms with Crippen molar-refractivity contribution in [1.29, 1.82) is 5.41 Å². The molecule has 0 aliphatic heterocycles. The van der Waals surface area contributed by atoms with Gasteiger partial charge in [-0.3, -0.25) is 0 Å². The van der Waals surface area contributed by atoms with E-state index in [1.807, 2.05) is 36.2 Å². The summed E-state index contributed by atoms with van der Waals surface area (Å²) in [7, 11) is 1.93. The molecule has 0 saturated carbocycles. The number of hydrogen-bond acceptors (Lipinski definition) is 9. The number of nitrogens with two attached hydrogens (primary N) is 1. The molecule has 36 heavy (non-hydrogen) atoms. The minimum atomic E-state index is -0.792. The van der Waals surface area contributed by atoms with E-state index in [2.05, 4.69) is 20.0 Å². The van der Waals surface area contributed by atoms with Gasteiger partial charge in [-0.05, 0) is 82.2 Å². The van der Waals surface area contributed by atoms with Gasteiger partial charge < -0.3 is 31.2 Å². The van der Waals surface area contributed by atoms with Gasteiger partial charge in [0.2, 0.25) is 0 Å². The molecule has 0 amide bonds. The monoisotopic (exact) mass is 531 g/mol. The highest BCUT2D eigenvalue weighted by Crippen LogP contribution is 2.29. The molecule has 3 rings (SSSR count). The normalized spacial score (nSPS) is 11.6. The van der Waals surface area contributed by atoms with Crippen LogP contribution in [0.5, 0.6) is 0 Å². The van der Waals surface area contributed by atoms with Gasteiger partial charge >= 0.3 is 0 Å². The van der Waals surface area contributed by atoms with E-state index in [0.717, 1.165) is 23.2 Å². The minimum Gasteiger partial charge on any atom is -0.389 e. The van der Waals surface area contributed by atoms with Crippen LogP contribution < -0.4 is 15.8 Å². The minimum absolute atomic E-state index is 0.217. The summed E-state index contributed by atoms with van der Waals surface area (Å²) in [6.45, 7) is 6.89. The van der Waals surface area contributed by atoms with Crippen LogP contribution in [0, 0.1) is 11.2 Å². The van der Waals surface area contributed by atoms with E-state index in [4.69, 9.17) is 22.7 Å². The molecule has 8 nitrogen and oxygen atoms in total. The van der Waals surface area contributed by atoms with E-state index in [1.54, 1.807) is 26.8 Å². The quantitative estimate of drug-likeness (QED) is 0.170. The Morgan fingerprint density at radius 3 is 2.56 bits per heavy atom. The second-order valence-electron chi connectivity index (χ2n) is 9.11. The molecule has 3 aromatic rings. The predicted molar refractivity (Wildman–Crippen MR) is 148 cm³/mol. The summed E-state index contributed by atoms with van der Waals surface area (Å²) in [5.74, 6) is 0.764. The Bertz CT molecular complexity index is 1220. The third-order valence-electron chi connectivity index (χ3n) is 5.07. The maximum atomic E-state index is 13.9. The first kappa shape index (κ1) is 27.7. The van der Waals surface area contributed by atoms with E-state index in [-0.39, 0.29) is 17.3 Å². The number of halogens is 2. The van der Waals surface area contributed by atoms with Crippen molar-refractivity contribution in [3.05, 3.63) is 58.9 Å². The zero-order valence-electron chi connectivity index (χ0n) is 20.7.